The number of ether oxygens (including phenoxy) is 2. The van der Waals surface area contributed by atoms with Gasteiger partial charge in [-0.15, -0.1) is 0 Å². The average molecular weight is 248 g/mol. The fourth-order valence-electron chi connectivity index (χ4n) is 2.04. The molecule has 0 aromatic heterocycles. The first-order chi connectivity index (χ1) is 8.58. The van der Waals surface area contributed by atoms with Crippen LogP contribution in [-0.4, -0.2) is 31.9 Å². The summed E-state index contributed by atoms with van der Waals surface area (Å²) in [7, 11) is 3.15. The molecule has 1 heterocycles. The summed E-state index contributed by atoms with van der Waals surface area (Å²) in [5.74, 6) is 1.08. The first kappa shape index (κ1) is 12.4. The molecule has 1 amide bonds. The number of anilines is 1. The number of nitrogens with zero attached hydrogens (tertiary/aromatic N) is 1. The van der Waals surface area contributed by atoms with Crippen LogP contribution >= 0.6 is 0 Å². The van der Waals surface area contributed by atoms with Crippen LogP contribution in [0.4, 0.5) is 5.69 Å². The second-order valence-corrected chi connectivity index (χ2v) is 4.10. The summed E-state index contributed by atoms with van der Waals surface area (Å²) in [4.78, 5) is 16.1. The number of nitrogens with one attached hydrogen (secondary N) is 1. The molecule has 96 valence electrons. The average Bonchev–Trinajstić information content (AvgIpc) is 2.46. The van der Waals surface area contributed by atoms with E-state index in [1.54, 1.807) is 33.3 Å². The Hall–Kier alpha value is -2.04. The molecule has 5 nitrogen and oxygen atoms in total. The number of hydrogen-bond donors (Lipinski definition) is 1. The van der Waals surface area contributed by atoms with Crippen molar-refractivity contribution in [2.24, 2.45) is 4.99 Å². The smallest absolute Gasteiger partial charge is 0.248 e. The molecule has 0 radical (unpaired) electrons. The van der Waals surface area contributed by atoms with E-state index in [4.69, 9.17) is 9.47 Å². The molecular formula is C13H16N2O3. The molecule has 1 aliphatic rings. The maximum atomic E-state index is 11.8. The van der Waals surface area contributed by atoms with Crippen molar-refractivity contribution in [2.75, 3.05) is 19.5 Å². The SMILES string of the molecule is COc1ccc2c(c1OC)C(C)=NC(C)C(=O)N2. The van der Waals surface area contributed by atoms with Gasteiger partial charge in [0.15, 0.2) is 11.5 Å². The highest BCUT2D eigenvalue weighted by atomic mass is 16.5. The lowest BCUT2D eigenvalue weighted by atomic mass is 10.1. The van der Waals surface area contributed by atoms with Gasteiger partial charge in [0.2, 0.25) is 5.91 Å². The minimum absolute atomic E-state index is 0.125. The Bertz CT molecular complexity index is 523. The highest BCUT2D eigenvalue weighted by molar-refractivity contribution is 6.13. The lowest BCUT2D eigenvalue weighted by Crippen LogP contribution is -2.22. The highest BCUT2D eigenvalue weighted by Gasteiger charge is 2.24. The Labute approximate surface area is 106 Å². The van der Waals surface area contributed by atoms with E-state index in [9.17, 15) is 4.79 Å². The molecule has 0 saturated heterocycles. The molecule has 0 aliphatic carbocycles. The summed E-state index contributed by atoms with van der Waals surface area (Å²) in [6.45, 7) is 3.62. The number of fused-ring (bicyclic) bond motifs is 1. The molecule has 2 rings (SSSR count). The number of amides is 1. The van der Waals surface area contributed by atoms with Crippen molar-refractivity contribution in [1.29, 1.82) is 0 Å². The van der Waals surface area contributed by atoms with Gasteiger partial charge < -0.3 is 14.8 Å². The van der Waals surface area contributed by atoms with Gasteiger partial charge >= 0.3 is 0 Å². The van der Waals surface area contributed by atoms with Gasteiger partial charge in [-0.05, 0) is 26.0 Å². The van der Waals surface area contributed by atoms with Crippen molar-refractivity contribution >= 4 is 17.3 Å². The Kier molecular flexibility index (Phi) is 3.23. The van der Waals surface area contributed by atoms with Gasteiger partial charge in [0.25, 0.3) is 0 Å². The van der Waals surface area contributed by atoms with E-state index in [1.807, 2.05) is 6.92 Å². The predicted octanol–water partition coefficient (Wildman–Crippen LogP) is 1.85. The van der Waals surface area contributed by atoms with E-state index in [1.165, 1.54) is 0 Å². The zero-order valence-electron chi connectivity index (χ0n) is 10.9. The molecule has 0 saturated carbocycles. The van der Waals surface area contributed by atoms with Crippen LogP contribution in [-0.2, 0) is 4.79 Å². The number of carbonyl (C=O) groups is 1. The van der Waals surface area contributed by atoms with E-state index >= 15 is 0 Å². The number of methoxy groups -OCH3 is 2. The van der Waals surface area contributed by atoms with Crippen molar-refractivity contribution in [3.05, 3.63) is 17.7 Å². The minimum atomic E-state index is -0.409. The second kappa shape index (κ2) is 4.68. The summed E-state index contributed by atoms with van der Waals surface area (Å²) in [5, 5.41) is 2.84. The molecular weight excluding hydrogens is 232 g/mol. The van der Waals surface area contributed by atoms with E-state index in [-0.39, 0.29) is 5.91 Å². The van der Waals surface area contributed by atoms with Crippen molar-refractivity contribution in [2.45, 2.75) is 19.9 Å². The van der Waals surface area contributed by atoms with Crippen molar-refractivity contribution < 1.29 is 14.3 Å². The van der Waals surface area contributed by atoms with Crippen LogP contribution in [0.3, 0.4) is 0 Å². The summed E-state index contributed by atoms with van der Waals surface area (Å²) in [5.41, 5.74) is 2.23. The number of rotatable bonds is 2. The second-order valence-electron chi connectivity index (χ2n) is 4.10. The number of benzodiazepines with no additional fused rings is 1. The molecule has 0 bridgehead atoms. The molecule has 1 aromatic rings. The largest absolute Gasteiger partial charge is 0.493 e. The first-order valence-corrected chi connectivity index (χ1v) is 5.69. The quantitative estimate of drug-likeness (QED) is 0.869. The van der Waals surface area contributed by atoms with Crippen LogP contribution in [0.5, 0.6) is 11.5 Å². The van der Waals surface area contributed by atoms with E-state index < -0.39 is 6.04 Å². The van der Waals surface area contributed by atoms with Gasteiger partial charge in [0.05, 0.1) is 25.5 Å². The summed E-state index contributed by atoms with van der Waals surface area (Å²) < 4.78 is 10.6. The van der Waals surface area contributed by atoms with Gasteiger partial charge in [0.1, 0.15) is 6.04 Å². The van der Waals surface area contributed by atoms with E-state index in [2.05, 4.69) is 10.3 Å². The van der Waals surface area contributed by atoms with Crippen molar-refractivity contribution in [3.63, 3.8) is 0 Å². The van der Waals surface area contributed by atoms with Gasteiger partial charge in [-0.25, -0.2) is 0 Å². The maximum Gasteiger partial charge on any atom is 0.248 e. The Balaban J connectivity index is 2.67. The van der Waals surface area contributed by atoms with Crippen molar-refractivity contribution in [1.82, 2.24) is 0 Å². The molecule has 5 heteroatoms. The predicted molar refractivity (Wildman–Crippen MR) is 69.8 cm³/mol. The fourth-order valence-corrected chi connectivity index (χ4v) is 2.04. The molecule has 1 N–H and O–H groups in total. The maximum absolute atomic E-state index is 11.8. The molecule has 0 spiro atoms. The molecule has 1 atom stereocenters. The molecule has 1 aliphatic heterocycles. The van der Waals surface area contributed by atoms with Gasteiger partial charge in [0, 0.05) is 5.71 Å². The van der Waals surface area contributed by atoms with Crippen LogP contribution in [0.1, 0.15) is 19.4 Å². The van der Waals surface area contributed by atoms with Crippen LogP contribution in [0.2, 0.25) is 0 Å². The lowest BCUT2D eigenvalue weighted by Gasteiger charge is -2.15. The zero-order valence-corrected chi connectivity index (χ0v) is 10.9. The topological polar surface area (TPSA) is 59.9 Å². The molecule has 1 aromatic carbocycles. The fraction of sp³-hybridized carbons (Fsp3) is 0.385. The molecule has 0 fully saturated rings. The standard InChI is InChI=1S/C13H16N2O3/c1-7-11-9(15-13(16)8(2)14-7)5-6-10(17-3)12(11)18-4/h5-6,8H,1-4H3,(H,15,16). The summed E-state index contributed by atoms with van der Waals surface area (Å²) in [6.07, 6.45) is 0. The number of benzene rings is 1. The summed E-state index contributed by atoms with van der Waals surface area (Å²) >= 11 is 0. The van der Waals surface area contributed by atoms with Crippen LogP contribution in [0, 0.1) is 0 Å². The Morgan fingerprint density at radius 2 is 2.00 bits per heavy atom. The van der Waals surface area contributed by atoms with Gasteiger partial charge in [-0.1, -0.05) is 0 Å². The number of hydrogen-bond acceptors (Lipinski definition) is 4. The monoisotopic (exact) mass is 248 g/mol. The highest BCUT2D eigenvalue weighted by Crippen LogP contribution is 2.37. The first-order valence-electron chi connectivity index (χ1n) is 5.69. The Morgan fingerprint density at radius 3 is 2.61 bits per heavy atom. The van der Waals surface area contributed by atoms with E-state index in [0.29, 0.717) is 17.2 Å². The Morgan fingerprint density at radius 1 is 1.28 bits per heavy atom. The van der Waals surface area contributed by atoms with Crippen LogP contribution in [0.15, 0.2) is 17.1 Å². The molecule has 18 heavy (non-hydrogen) atoms. The minimum Gasteiger partial charge on any atom is -0.493 e. The van der Waals surface area contributed by atoms with Gasteiger partial charge in [-0.2, -0.15) is 0 Å². The van der Waals surface area contributed by atoms with Gasteiger partial charge in [-0.3, -0.25) is 9.79 Å². The third-order valence-electron chi connectivity index (χ3n) is 2.93. The van der Waals surface area contributed by atoms with Crippen LogP contribution < -0.4 is 14.8 Å². The van der Waals surface area contributed by atoms with E-state index in [0.717, 1.165) is 11.3 Å². The summed E-state index contributed by atoms with van der Waals surface area (Å²) in [6, 6.07) is 3.15. The van der Waals surface area contributed by atoms with Crippen molar-refractivity contribution in [3.8, 4) is 11.5 Å². The number of carbonyl (C=O) groups excluding carboxylic acids is 1. The van der Waals surface area contributed by atoms with Crippen LogP contribution in [0.25, 0.3) is 0 Å². The number of aliphatic imine (C=N–C) groups is 1. The third kappa shape index (κ3) is 1.92. The lowest BCUT2D eigenvalue weighted by molar-refractivity contribution is -0.116. The molecule has 1 unspecified atom stereocenters. The third-order valence-corrected chi connectivity index (χ3v) is 2.93. The normalized spacial score (nSPS) is 18.3. The zero-order chi connectivity index (χ0) is 13.3.